The molecule has 1 heterocycles. The van der Waals surface area contributed by atoms with E-state index in [0.29, 0.717) is 22.0 Å². The van der Waals surface area contributed by atoms with Gasteiger partial charge in [0.1, 0.15) is 0 Å². The summed E-state index contributed by atoms with van der Waals surface area (Å²) in [6.45, 7) is 1.87. The van der Waals surface area contributed by atoms with Crippen molar-refractivity contribution in [3.05, 3.63) is 82.8 Å². The number of aryl methyl sites for hydroxylation is 1. The molecule has 1 aromatic heterocycles. The number of anilines is 2. The number of furan rings is 1. The summed E-state index contributed by atoms with van der Waals surface area (Å²) in [6.07, 6.45) is 1.44. The van der Waals surface area contributed by atoms with Crippen LogP contribution in [0, 0.1) is 6.92 Å². The first-order valence-electron chi connectivity index (χ1n) is 7.55. The minimum absolute atomic E-state index is 0.230. The van der Waals surface area contributed by atoms with E-state index < -0.39 is 0 Å². The van der Waals surface area contributed by atoms with E-state index in [4.69, 9.17) is 16.0 Å². The lowest BCUT2D eigenvalue weighted by molar-refractivity contribution is 0.0994. The van der Waals surface area contributed by atoms with E-state index in [9.17, 15) is 9.59 Å². The highest BCUT2D eigenvalue weighted by Crippen LogP contribution is 2.19. The van der Waals surface area contributed by atoms with Crippen LogP contribution in [0.4, 0.5) is 11.4 Å². The molecule has 3 aromatic rings. The van der Waals surface area contributed by atoms with Crippen molar-refractivity contribution in [3.8, 4) is 0 Å². The molecule has 0 aliphatic rings. The number of halogens is 1. The van der Waals surface area contributed by atoms with Gasteiger partial charge in [0.05, 0.1) is 6.26 Å². The predicted molar refractivity (Wildman–Crippen MR) is 97.2 cm³/mol. The molecule has 6 heteroatoms. The van der Waals surface area contributed by atoms with Gasteiger partial charge < -0.3 is 15.1 Å². The number of benzene rings is 2. The SMILES string of the molecule is Cc1ccc(C(=O)Nc2ccc(NC(=O)c3ccco3)cc2)cc1Cl. The third kappa shape index (κ3) is 4.08. The standard InChI is InChI=1S/C19H15ClN2O3/c1-12-4-5-13(11-16(12)20)18(23)21-14-6-8-15(9-7-14)22-19(24)17-3-2-10-25-17/h2-11H,1H3,(H,21,23)(H,22,24). The summed E-state index contributed by atoms with van der Waals surface area (Å²) in [6, 6.07) is 15.2. The molecule has 0 aliphatic carbocycles. The lowest BCUT2D eigenvalue weighted by Crippen LogP contribution is -2.13. The van der Waals surface area contributed by atoms with Gasteiger partial charge in [0.25, 0.3) is 11.8 Å². The first-order valence-corrected chi connectivity index (χ1v) is 7.93. The zero-order valence-corrected chi connectivity index (χ0v) is 14.1. The van der Waals surface area contributed by atoms with E-state index in [2.05, 4.69) is 10.6 Å². The first-order chi connectivity index (χ1) is 12.0. The fourth-order valence-corrected chi connectivity index (χ4v) is 2.36. The molecule has 3 rings (SSSR count). The number of carbonyl (C=O) groups excluding carboxylic acids is 2. The molecule has 0 radical (unpaired) electrons. The lowest BCUT2D eigenvalue weighted by atomic mass is 10.1. The molecule has 0 aliphatic heterocycles. The summed E-state index contributed by atoms with van der Waals surface area (Å²) in [4.78, 5) is 24.1. The molecule has 0 unspecified atom stereocenters. The van der Waals surface area contributed by atoms with Crippen LogP contribution >= 0.6 is 11.6 Å². The average Bonchev–Trinajstić information content (AvgIpc) is 3.14. The van der Waals surface area contributed by atoms with Crippen LogP contribution in [0.15, 0.2) is 65.3 Å². The minimum atomic E-state index is -0.337. The molecule has 0 saturated heterocycles. The Labute approximate surface area is 149 Å². The van der Waals surface area contributed by atoms with E-state index in [1.165, 1.54) is 6.26 Å². The number of carbonyl (C=O) groups is 2. The normalized spacial score (nSPS) is 10.3. The number of nitrogens with one attached hydrogen (secondary N) is 2. The summed E-state index contributed by atoms with van der Waals surface area (Å²) in [5.41, 5.74) is 2.59. The van der Waals surface area contributed by atoms with Crippen molar-refractivity contribution in [1.29, 1.82) is 0 Å². The summed E-state index contributed by atoms with van der Waals surface area (Å²) < 4.78 is 5.03. The van der Waals surface area contributed by atoms with Gasteiger partial charge in [-0.2, -0.15) is 0 Å². The van der Waals surface area contributed by atoms with Gasteiger partial charge in [0, 0.05) is 22.0 Å². The minimum Gasteiger partial charge on any atom is -0.459 e. The van der Waals surface area contributed by atoms with Gasteiger partial charge in [0.15, 0.2) is 5.76 Å². The maximum absolute atomic E-state index is 12.2. The van der Waals surface area contributed by atoms with Crippen molar-refractivity contribution in [1.82, 2.24) is 0 Å². The Kier molecular flexibility index (Phi) is 4.86. The van der Waals surface area contributed by atoms with Gasteiger partial charge >= 0.3 is 0 Å². The quantitative estimate of drug-likeness (QED) is 0.710. The Balaban J connectivity index is 1.65. The fourth-order valence-electron chi connectivity index (χ4n) is 2.17. The van der Waals surface area contributed by atoms with Crippen LogP contribution in [-0.4, -0.2) is 11.8 Å². The van der Waals surface area contributed by atoms with Gasteiger partial charge in [-0.1, -0.05) is 17.7 Å². The Morgan fingerprint density at radius 2 is 1.56 bits per heavy atom. The molecular formula is C19H15ClN2O3. The van der Waals surface area contributed by atoms with Crippen molar-refractivity contribution in [2.75, 3.05) is 10.6 Å². The molecule has 0 saturated carbocycles. The third-order valence-electron chi connectivity index (χ3n) is 3.58. The Bertz CT molecular complexity index is 903. The van der Waals surface area contributed by atoms with Crippen molar-refractivity contribution in [2.45, 2.75) is 6.92 Å². The lowest BCUT2D eigenvalue weighted by Gasteiger charge is -2.08. The van der Waals surface area contributed by atoms with E-state index in [-0.39, 0.29) is 17.6 Å². The van der Waals surface area contributed by atoms with Gasteiger partial charge in [-0.25, -0.2) is 0 Å². The predicted octanol–water partition coefficient (Wildman–Crippen LogP) is 4.75. The maximum Gasteiger partial charge on any atom is 0.291 e. The summed E-state index contributed by atoms with van der Waals surface area (Å²) in [5.74, 6) is -0.362. The molecule has 0 bridgehead atoms. The van der Waals surface area contributed by atoms with Gasteiger partial charge in [-0.15, -0.1) is 0 Å². The molecule has 126 valence electrons. The van der Waals surface area contributed by atoms with Crippen LogP contribution in [0.3, 0.4) is 0 Å². The first kappa shape index (κ1) is 16.8. The molecule has 5 nitrogen and oxygen atoms in total. The van der Waals surface area contributed by atoms with E-state index in [1.807, 2.05) is 6.92 Å². The molecular weight excluding hydrogens is 340 g/mol. The van der Waals surface area contributed by atoms with E-state index >= 15 is 0 Å². The highest BCUT2D eigenvalue weighted by atomic mass is 35.5. The van der Waals surface area contributed by atoms with E-state index in [0.717, 1.165) is 5.56 Å². The van der Waals surface area contributed by atoms with Crippen LogP contribution in [0.5, 0.6) is 0 Å². The van der Waals surface area contributed by atoms with Crippen LogP contribution in [0.25, 0.3) is 0 Å². The molecule has 2 aromatic carbocycles. The van der Waals surface area contributed by atoms with Crippen LogP contribution in [-0.2, 0) is 0 Å². The van der Waals surface area contributed by atoms with Crippen LogP contribution in [0.2, 0.25) is 5.02 Å². The summed E-state index contributed by atoms with van der Waals surface area (Å²) in [5, 5.41) is 6.04. The largest absolute Gasteiger partial charge is 0.459 e. The number of hydrogen-bond donors (Lipinski definition) is 2. The second kappa shape index (κ2) is 7.23. The maximum atomic E-state index is 12.2. The highest BCUT2D eigenvalue weighted by molar-refractivity contribution is 6.31. The zero-order chi connectivity index (χ0) is 17.8. The fraction of sp³-hybridized carbons (Fsp3) is 0.0526. The molecule has 25 heavy (non-hydrogen) atoms. The highest BCUT2D eigenvalue weighted by Gasteiger charge is 2.10. The monoisotopic (exact) mass is 354 g/mol. The molecule has 0 fully saturated rings. The summed E-state index contributed by atoms with van der Waals surface area (Å²) >= 11 is 6.04. The molecule has 0 atom stereocenters. The number of rotatable bonds is 4. The van der Waals surface area contributed by atoms with Crippen molar-refractivity contribution in [3.63, 3.8) is 0 Å². The topological polar surface area (TPSA) is 71.3 Å². The van der Waals surface area contributed by atoms with Gasteiger partial charge in [-0.3, -0.25) is 9.59 Å². The third-order valence-corrected chi connectivity index (χ3v) is 3.99. The van der Waals surface area contributed by atoms with Crippen molar-refractivity contribution in [2.24, 2.45) is 0 Å². The number of amides is 2. The van der Waals surface area contributed by atoms with E-state index in [1.54, 1.807) is 54.6 Å². The van der Waals surface area contributed by atoms with Gasteiger partial charge in [0.2, 0.25) is 0 Å². The molecule has 2 amide bonds. The molecule has 2 N–H and O–H groups in total. The van der Waals surface area contributed by atoms with Crippen molar-refractivity contribution < 1.29 is 14.0 Å². The Hall–Kier alpha value is -3.05. The van der Waals surface area contributed by atoms with Crippen LogP contribution in [0.1, 0.15) is 26.5 Å². The average molecular weight is 355 g/mol. The zero-order valence-electron chi connectivity index (χ0n) is 13.4. The van der Waals surface area contributed by atoms with Gasteiger partial charge in [-0.05, 0) is 61.0 Å². The molecule has 0 spiro atoms. The van der Waals surface area contributed by atoms with Crippen LogP contribution < -0.4 is 10.6 Å². The summed E-state index contributed by atoms with van der Waals surface area (Å²) in [7, 11) is 0. The second-order valence-corrected chi connectivity index (χ2v) is 5.83. The Morgan fingerprint density at radius 1 is 0.920 bits per heavy atom. The Morgan fingerprint density at radius 3 is 2.12 bits per heavy atom. The smallest absolute Gasteiger partial charge is 0.291 e. The second-order valence-electron chi connectivity index (χ2n) is 5.43. The number of hydrogen-bond acceptors (Lipinski definition) is 3. The van der Waals surface area contributed by atoms with Crippen molar-refractivity contribution >= 4 is 34.8 Å².